The van der Waals surface area contributed by atoms with Gasteiger partial charge in [-0.3, -0.25) is 0 Å². The molecule has 1 heterocycles. The van der Waals surface area contributed by atoms with Gasteiger partial charge in [0.05, 0.1) is 13.2 Å². The molecule has 15 heavy (non-hydrogen) atoms. The first-order valence-corrected chi connectivity index (χ1v) is 5.33. The molecule has 1 saturated heterocycles. The molecular weight excluding hydrogens is 196 g/mol. The Bertz CT molecular complexity index is 203. The van der Waals surface area contributed by atoms with Crippen LogP contribution in [0, 0.1) is 0 Å². The number of rotatable bonds is 3. The van der Waals surface area contributed by atoms with Gasteiger partial charge in [-0.1, -0.05) is 0 Å². The van der Waals surface area contributed by atoms with Crippen molar-refractivity contribution in [3.8, 4) is 0 Å². The summed E-state index contributed by atoms with van der Waals surface area (Å²) in [4.78, 5) is 14.9. The average Bonchev–Trinajstić information content (AvgIpc) is 2.26. The van der Waals surface area contributed by atoms with Crippen LogP contribution in [-0.2, 0) is 4.74 Å². The van der Waals surface area contributed by atoms with Crippen LogP contribution in [-0.4, -0.2) is 67.4 Å². The molecule has 0 unspecified atom stereocenters. The molecule has 0 aliphatic carbocycles. The number of likely N-dealkylation sites (tertiary alicyclic amines) is 1. The summed E-state index contributed by atoms with van der Waals surface area (Å²) in [7, 11) is 3.11. The molecule has 1 N–H and O–H groups in total. The van der Waals surface area contributed by atoms with E-state index in [0.29, 0.717) is 6.54 Å². The maximum Gasteiger partial charge on any atom is 0.409 e. The third-order valence-electron chi connectivity index (χ3n) is 2.80. The van der Waals surface area contributed by atoms with Gasteiger partial charge in [-0.25, -0.2) is 4.79 Å². The summed E-state index contributed by atoms with van der Waals surface area (Å²) in [6.07, 6.45) is 1.23. The third kappa shape index (κ3) is 4.05. The number of nitrogens with zero attached hydrogens (tertiary/aromatic N) is 2. The minimum absolute atomic E-state index is 0.139. The number of piperidine rings is 1. The zero-order chi connectivity index (χ0) is 11.3. The van der Waals surface area contributed by atoms with Crippen LogP contribution in [0.1, 0.15) is 12.8 Å². The minimum Gasteiger partial charge on any atom is -0.453 e. The monoisotopic (exact) mass is 216 g/mol. The van der Waals surface area contributed by atoms with E-state index < -0.39 is 0 Å². The van der Waals surface area contributed by atoms with Crippen molar-refractivity contribution in [2.45, 2.75) is 18.9 Å². The SMILES string of the molecule is COC(=O)N(C)CCN1CCC(O)CC1. The summed E-state index contributed by atoms with van der Waals surface area (Å²) in [5, 5.41) is 9.32. The predicted octanol–water partition coefficient (Wildman–Crippen LogP) is 0.141. The molecule has 0 saturated carbocycles. The molecule has 1 aliphatic rings. The second kappa shape index (κ2) is 5.92. The normalized spacial score (nSPS) is 18.9. The van der Waals surface area contributed by atoms with E-state index in [9.17, 15) is 9.90 Å². The fraction of sp³-hybridized carbons (Fsp3) is 0.900. The summed E-state index contributed by atoms with van der Waals surface area (Å²) < 4.78 is 4.60. The van der Waals surface area contributed by atoms with Gasteiger partial charge in [0, 0.05) is 33.2 Å². The number of aliphatic hydroxyl groups is 1. The zero-order valence-electron chi connectivity index (χ0n) is 9.48. The van der Waals surface area contributed by atoms with E-state index in [2.05, 4.69) is 9.64 Å². The topological polar surface area (TPSA) is 53.0 Å². The first-order valence-electron chi connectivity index (χ1n) is 5.33. The molecular formula is C10H20N2O3. The number of hydrogen-bond donors (Lipinski definition) is 1. The fourth-order valence-corrected chi connectivity index (χ4v) is 1.68. The highest BCUT2D eigenvalue weighted by Gasteiger charge is 2.17. The highest BCUT2D eigenvalue weighted by molar-refractivity contribution is 5.66. The molecule has 0 aromatic rings. The van der Waals surface area contributed by atoms with Crippen molar-refractivity contribution < 1.29 is 14.6 Å². The van der Waals surface area contributed by atoms with Crippen molar-refractivity contribution >= 4 is 6.09 Å². The Hall–Kier alpha value is -0.810. The smallest absolute Gasteiger partial charge is 0.409 e. The lowest BCUT2D eigenvalue weighted by Crippen LogP contribution is -2.41. The molecule has 0 aromatic heterocycles. The van der Waals surface area contributed by atoms with Crippen LogP contribution in [0.15, 0.2) is 0 Å². The van der Waals surface area contributed by atoms with Gasteiger partial charge in [-0.15, -0.1) is 0 Å². The van der Waals surface area contributed by atoms with Crippen molar-refractivity contribution in [1.29, 1.82) is 0 Å². The quantitative estimate of drug-likeness (QED) is 0.729. The highest BCUT2D eigenvalue weighted by atomic mass is 16.5. The summed E-state index contributed by atoms with van der Waals surface area (Å²) >= 11 is 0. The number of likely N-dealkylation sites (N-methyl/N-ethyl adjacent to an activating group) is 1. The number of ether oxygens (including phenoxy) is 1. The van der Waals surface area contributed by atoms with Crippen LogP contribution in [0.5, 0.6) is 0 Å². The number of amides is 1. The van der Waals surface area contributed by atoms with E-state index in [1.807, 2.05) is 0 Å². The van der Waals surface area contributed by atoms with Crippen LogP contribution < -0.4 is 0 Å². The molecule has 0 bridgehead atoms. The predicted molar refractivity (Wildman–Crippen MR) is 56.7 cm³/mol. The third-order valence-corrected chi connectivity index (χ3v) is 2.80. The molecule has 88 valence electrons. The highest BCUT2D eigenvalue weighted by Crippen LogP contribution is 2.09. The fourth-order valence-electron chi connectivity index (χ4n) is 1.68. The molecule has 0 radical (unpaired) electrons. The molecule has 0 atom stereocenters. The van der Waals surface area contributed by atoms with Crippen molar-refractivity contribution in [1.82, 2.24) is 9.80 Å². The van der Waals surface area contributed by atoms with Crippen molar-refractivity contribution in [3.63, 3.8) is 0 Å². The van der Waals surface area contributed by atoms with Gasteiger partial charge >= 0.3 is 6.09 Å². The number of hydrogen-bond acceptors (Lipinski definition) is 4. The number of methoxy groups -OCH3 is 1. The average molecular weight is 216 g/mol. The first-order chi connectivity index (χ1) is 7.13. The molecule has 1 rings (SSSR count). The Kier molecular flexibility index (Phi) is 4.84. The summed E-state index contributed by atoms with van der Waals surface area (Å²) in [5.74, 6) is 0. The lowest BCUT2D eigenvalue weighted by molar-refractivity contribution is 0.0758. The van der Waals surface area contributed by atoms with Crippen LogP contribution in [0.3, 0.4) is 0 Å². The van der Waals surface area contributed by atoms with Crippen LogP contribution >= 0.6 is 0 Å². The van der Waals surface area contributed by atoms with Gasteiger partial charge in [-0.05, 0) is 12.8 Å². The molecule has 5 heteroatoms. The number of aliphatic hydroxyl groups excluding tert-OH is 1. The van der Waals surface area contributed by atoms with E-state index in [4.69, 9.17) is 0 Å². The molecule has 1 aliphatic heterocycles. The molecule has 0 spiro atoms. The Morgan fingerprint density at radius 1 is 1.53 bits per heavy atom. The summed E-state index contributed by atoms with van der Waals surface area (Å²) in [6.45, 7) is 3.34. The van der Waals surface area contributed by atoms with E-state index in [0.717, 1.165) is 32.5 Å². The second-order valence-electron chi connectivity index (χ2n) is 3.96. The maximum atomic E-state index is 11.1. The van der Waals surface area contributed by atoms with Gasteiger partial charge in [0.25, 0.3) is 0 Å². The maximum absolute atomic E-state index is 11.1. The first kappa shape index (κ1) is 12.3. The van der Waals surface area contributed by atoms with E-state index in [1.165, 1.54) is 7.11 Å². The van der Waals surface area contributed by atoms with Crippen LogP contribution in [0.2, 0.25) is 0 Å². The summed E-state index contributed by atoms with van der Waals surface area (Å²) in [6, 6.07) is 0. The Morgan fingerprint density at radius 2 is 2.13 bits per heavy atom. The van der Waals surface area contributed by atoms with Gasteiger partial charge in [0.1, 0.15) is 0 Å². The second-order valence-corrected chi connectivity index (χ2v) is 3.96. The standard InChI is InChI=1S/C10H20N2O3/c1-11(10(14)15-2)7-8-12-5-3-9(13)4-6-12/h9,13H,3-8H2,1-2H3. The Balaban J connectivity index is 2.17. The van der Waals surface area contributed by atoms with Gasteiger partial charge < -0.3 is 19.6 Å². The Labute approximate surface area is 90.6 Å². The number of carbonyl (C=O) groups excluding carboxylic acids is 1. The lowest BCUT2D eigenvalue weighted by atomic mass is 10.1. The number of carbonyl (C=O) groups is 1. The molecule has 5 nitrogen and oxygen atoms in total. The largest absolute Gasteiger partial charge is 0.453 e. The van der Waals surface area contributed by atoms with Crippen LogP contribution in [0.4, 0.5) is 4.79 Å². The van der Waals surface area contributed by atoms with Gasteiger partial charge in [0.15, 0.2) is 0 Å². The van der Waals surface area contributed by atoms with E-state index >= 15 is 0 Å². The van der Waals surface area contributed by atoms with Crippen molar-refractivity contribution in [2.24, 2.45) is 0 Å². The van der Waals surface area contributed by atoms with Crippen molar-refractivity contribution in [3.05, 3.63) is 0 Å². The molecule has 1 fully saturated rings. The minimum atomic E-state index is -0.299. The Morgan fingerprint density at radius 3 is 2.67 bits per heavy atom. The van der Waals surface area contributed by atoms with Gasteiger partial charge in [-0.2, -0.15) is 0 Å². The van der Waals surface area contributed by atoms with E-state index in [1.54, 1.807) is 11.9 Å². The van der Waals surface area contributed by atoms with Crippen LogP contribution in [0.25, 0.3) is 0 Å². The molecule has 1 amide bonds. The van der Waals surface area contributed by atoms with Crippen molar-refractivity contribution in [2.75, 3.05) is 40.3 Å². The summed E-state index contributed by atoms with van der Waals surface area (Å²) in [5.41, 5.74) is 0. The van der Waals surface area contributed by atoms with E-state index in [-0.39, 0.29) is 12.2 Å². The molecule has 0 aromatic carbocycles. The zero-order valence-corrected chi connectivity index (χ0v) is 9.48. The lowest BCUT2D eigenvalue weighted by Gasteiger charge is -2.30. The van der Waals surface area contributed by atoms with Gasteiger partial charge in [0.2, 0.25) is 0 Å².